The maximum Gasteiger partial charge on any atom is 0.342 e. The summed E-state index contributed by atoms with van der Waals surface area (Å²) >= 11 is 0. The number of ether oxygens (including phenoxy) is 2. The number of methoxy groups -OCH3 is 1. The number of esters is 1. The molecule has 0 aliphatic heterocycles. The van der Waals surface area contributed by atoms with Crippen molar-refractivity contribution in [1.82, 2.24) is 0 Å². The van der Waals surface area contributed by atoms with Gasteiger partial charge < -0.3 is 19.9 Å². The first-order valence-electron chi connectivity index (χ1n) is 6.59. The van der Waals surface area contributed by atoms with Gasteiger partial charge in [0.05, 0.1) is 7.11 Å². The number of nitrogens with one attached hydrogen (secondary N) is 1. The Morgan fingerprint density at radius 3 is 2.48 bits per heavy atom. The summed E-state index contributed by atoms with van der Waals surface area (Å²) in [5.41, 5.74) is 0.292. The molecule has 0 bridgehead atoms. The van der Waals surface area contributed by atoms with Gasteiger partial charge in [-0.15, -0.1) is 0 Å². The lowest BCUT2D eigenvalue weighted by molar-refractivity contribution is -0.119. The number of amides is 1. The molecular formula is C16H14FNO5. The van der Waals surface area contributed by atoms with Crippen LogP contribution in [0, 0.1) is 5.82 Å². The summed E-state index contributed by atoms with van der Waals surface area (Å²) in [4.78, 5) is 23.5. The van der Waals surface area contributed by atoms with Gasteiger partial charge in [-0.2, -0.15) is 0 Å². The molecule has 2 aromatic rings. The van der Waals surface area contributed by atoms with Gasteiger partial charge in [0.1, 0.15) is 22.9 Å². The third kappa shape index (κ3) is 4.44. The van der Waals surface area contributed by atoms with E-state index < -0.39 is 24.3 Å². The van der Waals surface area contributed by atoms with Gasteiger partial charge in [0.15, 0.2) is 6.61 Å². The summed E-state index contributed by atoms with van der Waals surface area (Å²) in [5, 5.41) is 12.1. The van der Waals surface area contributed by atoms with Gasteiger partial charge in [-0.05, 0) is 36.4 Å². The number of aromatic hydroxyl groups is 1. The molecule has 1 amide bonds. The quantitative estimate of drug-likeness (QED) is 0.826. The Morgan fingerprint density at radius 2 is 1.87 bits per heavy atom. The zero-order valence-electron chi connectivity index (χ0n) is 12.2. The van der Waals surface area contributed by atoms with Crippen LogP contribution >= 0.6 is 0 Å². The number of rotatable bonds is 5. The predicted molar refractivity (Wildman–Crippen MR) is 80.0 cm³/mol. The topological polar surface area (TPSA) is 84.9 Å². The van der Waals surface area contributed by atoms with Crippen molar-refractivity contribution in [1.29, 1.82) is 0 Å². The van der Waals surface area contributed by atoms with Crippen LogP contribution in [0.15, 0.2) is 42.5 Å². The van der Waals surface area contributed by atoms with Crippen LogP contribution in [-0.4, -0.2) is 30.7 Å². The lowest BCUT2D eigenvalue weighted by Crippen LogP contribution is -2.21. The second kappa shape index (κ2) is 7.26. The first-order valence-corrected chi connectivity index (χ1v) is 6.59. The predicted octanol–water partition coefficient (Wildman–Crippen LogP) is 2.34. The van der Waals surface area contributed by atoms with E-state index in [9.17, 15) is 19.1 Å². The molecule has 0 fully saturated rings. The van der Waals surface area contributed by atoms with Crippen LogP contribution < -0.4 is 10.1 Å². The highest BCUT2D eigenvalue weighted by Gasteiger charge is 2.15. The zero-order chi connectivity index (χ0) is 16.8. The highest BCUT2D eigenvalue weighted by molar-refractivity contribution is 5.96. The molecule has 0 unspecified atom stereocenters. The molecule has 6 nitrogen and oxygen atoms in total. The number of phenolic OH excluding ortho intramolecular Hbond substituents is 1. The van der Waals surface area contributed by atoms with E-state index in [0.717, 1.165) is 0 Å². The summed E-state index contributed by atoms with van der Waals surface area (Å²) in [5.74, 6) is -1.79. The summed E-state index contributed by atoms with van der Waals surface area (Å²) in [6.07, 6.45) is 0. The zero-order valence-corrected chi connectivity index (χ0v) is 12.2. The molecule has 0 spiro atoms. The van der Waals surface area contributed by atoms with Crippen LogP contribution in [0.2, 0.25) is 0 Å². The molecule has 0 aliphatic carbocycles. The van der Waals surface area contributed by atoms with Crippen molar-refractivity contribution in [2.75, 3.05) is 19.0 Å². The summed E-state index contributed by atoms with van der Waals surface area (Å²) < 4.78 is 22.5. The second-order valence-electron chi connectivity index (χ2n) is 4.51. The Morgan fingerprint density at radius 1 is 1.17 bits per heavy atom. The van der Waals surface area contributed by atoms with Crippen LogP contribution in [0.1, 0.15) is 10.4 Å². The van der Waals surface area contributed by atoms with E-state index in [1.54, 1.807) is 0 Å². The molecule has 0 heterocycles. The smallest absolute Gasteiger partial charge is 0.342 e. The second-order valence-corrected chi connectivity index (χ2v) is 4.51. The van der Waals surface area contributed by atoms with Crippen molar-refractivity contribution < 1.29 is 28.6 Å². The Labute approximate surface area is 131 Å². The molecule has 2 N–H and O–H groups in total. The van der Waals surface area contributed by atoms with Crippen LogP contribution in [0.3, 0.4) is 0 Å². The van der Waals surface area contributed by atoms with Gasteiger partial charge in [-0.3, -0.25) is 4.79 Å². The van der Waals surface area contributed by atoms with Crippen molar-refractivity contribution in [3.05, 3.63) is 53.8 Å². The standard InChI is InChI=1S/C16H14FNO5/c1-22-12-6-7-13(14(19)8-12)16(21)23-9-15(20)18-11-4-2-10(17)3-5-11/h2-8,19H,9H2,1H3,(H,18,20). The van der Waals surface area contributed by atoms with Gasteiger partial charge >= 0.3 is 5.97 Å². The molecule has 0 saturated heterocycles. The minimum Gasteiger partial charge on any atom is -0.507 e. The van der Waals surface area contributed by atoms with E-state index in [0.29, 0.717) is 11.4 Å². The van der Waals surface area contributed by atoms with Gasteiger partial charge in [-0.1, -0.05) is 0 Å². The maximum atomic E-state index is 12.7. The van der Waals surface area contributed by atoms with Gasteiger partial charge in [0, 0.05) is 11.8 Å². The average molecular weight is 319 g/mol. The highest BCUT2D eigenvalue weighted by Crippen LogP contribution is 2.23. The van der Waals surface area contributed by atoms with Crippen LogP contribution in [0.5, 0.6) is 11.5 Å². The van der Waals surface area contributed by atoms with Crippen molar-refractivity contribution >= 4 is 17.6 Å². The number of carbonyl (C=O) groups is 2. The minimum atomic E-state index is -0.848. The SMILES string of the molecule is COc1ccc(C(=O)OCC(=O)Nc2ccc(F)cc2)c(O)c1. The van der Waals surface area contributed by atoms with E-state index in [1.807, 2.05) is 0 Å². The number of phenols is 1. The molecule has 0 atom stereocenters. The first-order chi connectivity index (χ1) is 11.0. The number of benzene rings is 2. The van der Waals surface area contributed by atoms with E-state index >= 15 is 0 Å². The molecular weight excluding hydrogens is 305 g/mol. The number of anilines is 1. The van der Waals surface area contributed by atoms with Gasteiger partial charge in [-0.25, -0.2) is 9.18 Å². The van der Waals surface area contributed by atoms with E-state index in [1.165, 1.54) is 49.6 Å². The Bertz CT molecular complexity index is 715. The van der Waals surface area contributed by atoms with E-state index in [2.05, 4.69) is 5.32 Å². The normalized spacial score (nSPS) is 10.0. The summed E-state index contributed by atoms with van der Waals surface area (Å²) in [7, 11) is 1.42. The van der Waals surface area contributed by atoms with Crippen molar-refractivity contribution in [3.8, 4) is 11.5 Å². The average Bonchev–Trinajstić information content (AvgIpc) is 2.54. The maximum absolute atomic E-state index is 12.7. The molecule has 0 radical (unpaired) electrons. The molecule has 2 rings (SSSR count). The van der Waals surface area contributed by atoms with Crippen molar-refractivity contribution in [2.45, 2.75) is 0 Å². The fourth-order valence-corrected chi connectivity index (χ4v) is 1.75. The van der Waals surface area contributed by atoms with Crippen molar-refractivity contribution in [2.24, 2.45) is 0 Å². The number of hydrogen-bond donors (Lipinski definition) is 2. The third-order valence-electron chi connectivity index (χ3n) is 2.89. The lowest BCUT2D eigenvalue weighted by atomic mass is 10.2. The number of halogens is 1. The first kappa shape index (κ1) is 16.3. The number of hydrogen-bond acceptors (Lipinski definition) is 5. The molecule has 23 heavy (non-hydrogen) atoms. The van der Waals surface area contributed by atoms with Crippen molar-refractivity contribution in [3.63, 3.8) is 0 Å². The Kier molecular flexibility index (Phi) is 5.14. The van der Waals surface area contributed by atoms with Gasteiger partial charge in [0.2, 0.25) is 0 Å². The summed E-state index contributed by atoms with van der Waals surface area (Å²) in [6, 6.07) is 9.21. The monoisotopic (exact) mass is 319 g/mol. The number of carbonyl (C=O) groups excluding carboxylic acids is 2. The molecule has 0 aliphatic rings. The molecule has 7 heteroatoms. The molecule has 0 aromatic heterocycles. The van der Waals surface area contributed by atoms with E-state index in [-0.39, 0.29) is 11.3 Å². The van der Waals surface area contributed by atoms with Crippen LogP contribution in [0.25, 0.3) is 0 Å². The van der Waals surface area contributed by atoms with E-state index in [4.69, 9.17) is 9.47 Å². The minimum absolute atomic E-state index is 0.0830. The van der Waals surface area contributed by atoms with Gasteiger partial charge in [0.25, 0.3) is 5.91 Å². The lowest BCUT2D eigenvalue weighted by Gasteiger charge is -2.08. The fourth-order valence-electron chi connectivity index (χ4n) is 1.75. The van der Waals surface area contributed by atoms with Crippen LogP contribution in [-0.2, 0) is 9.53 Å². The Hall–Kier alpha value is -3.09. The summed E-state index contributed by atoms with van der Waals surface area (Å²) in [6.45, 7) is -0.540. The van der Waals surface area contributed by atoms with Crippen LogP contribution in [0.4, 0.5) is 10.1 Å². The molecule has 0 saturated carbocycles. The third-order valence-corrected chi connectivity index (χ3v) is 2.89. The molecule has 120 valence electrons. The fraction of sp³-hybridized carbons (Fsp3) is 0.125. The Balaban J connectivity index is 1.91. The highest BCUT2D eigenvalue weighted by atomic mass is 19.1. The molecule has 2 aromatic carbocycles. The largest absolute Gasteiger partial charge is 0.507 e.